The van der Waals surface area contributed by atoms with Gasteiger partial charge < -0.3 is 10.0 Å². The minimum Gasteiger partial charge on any atom is -0.507 e. The van der Waals surface area contributed by atoms with Crippen LogP contribution in [0.25, 0.3) is 5.76 Å². The number of ketones is 1. The molecule has 1 atom stereocenters. The molecule has 2 aromatic rings. The summed E-state index contributed by atoms with van der Waals surface area (Å²) in [6, 6.07) is 12.2. The summed E-state index contributed by atoms with van der Waals surface area (Å²) in [6.07, 6.45) is 2.88. The maximum absolute atomic E-state index is 12.7. The Labute approximate surface area is 151 Å². The van der Waals surface area contributed by atoms with Crippen LogP contribution in [0.4, 0.5) is 0 Å². The zero-order chi connectivity index (χ0) is 17.8. The second-order valence-corrected chi connectivity index (χ2v) is 7.06. The molecule has 2 heterocycles. The Bertz CT molecular complexity index is 781. The number of nitrogens with zero attached hydrogens (tertiary/aromatic N) is 1. The first-order chi connectivity index (χ1) is 12.1. The Balaban J connectivity index is 2.06. The third-order valence-corrected chi connectivity index (χ3v) is 5.33. The average Bonchev–Trinajstić information content (AvgIpc) is 3.24. The number of aliphatic hydroxyl groups is 1. The maximum Gasteiger partial charge on any atom is 0.295 e. The molecule has 1 unspecified atom stereocenters. The van der Waals surface area contributed by atoms with E-state index in [9.17, 15) is 14.7 Å². The van der Waals surface area contributed by atoms with Crippen LogP contribution in [0.15, 0.2) is 53.4 Å². The van der Waals surface area contributed by atoms with Crippen molar-refractivity contribution in [3.8, 4) is 0 Å². The summed E-state index contributed by atoms with van der Waals surface area (Å²) in [7, 11) is 0. The van der Waals surface area contributed by atoms with Gasteiger partial charge in [0.05, 0.1) is 11.6 Å². The number of Topliss-reactive ketones (excluding diaryl/α,β-unsaturated/α-hetero) is 1. The predicted octanol–water partition coefficient (Wildman–Crippen LogP) is 4.36. The lowest BCUT2D eigenvalue weighted by molar-refractivity contribution is -0.139. The van der Waals surface area contributed by atoms with Gasteiger partial charge in [0.1, 0.15) is 5.76 Å². The molecular weight excluding hydrogens is 334 g/mol. The number of hydrogen-bond donors (Lipinski definition) is 1. The van der Waals surface area contributed by atoms with Crippen molar-refractivity contribution in [1.29, 1.82) is 0 Å². The van der Waals surface area contributed by atoms with Gasteiger partial charge in [0.25, 0.3) is 11.7 Å². The van der Waals surface area contributed by atoms with E-state index in [-0.39, 0.29) is 11.3 Å². The maximum atomic E-state index is 12.7. The van der Waals surface area contributed by atoms with Gasteiger partial charge in [-0.2, -0.15) is 0 Å². The molecule has 0 radical (unpaired) electrons. The van der Waals surface area contributed by atoms with Crippen LogP contribution in [0.2, 0.25) is 0 Å². The van der Waals surface area contributed by atoms with Crippen molar-refractivity contribution in [2.24, 2.45) is 0 Å². The first-order valence-electron chi connectivity index (χ1n) is 8.52. The van der Waals surface area contributed by atoms with Crippen LogP contribution in [0.1, 0.15) is 42.7 Å². The molecular formula is C20H21NO3S. The molecule has 0 saturated carbocycles. The van der Waals surface area contributed by atoms with Gasteiger partial charge in [-0.05, 0) is 17.9 Å². The van der Waals surface area contributed by atoms with Crippen LogP contribution < -0.4 is 0 Å². The number of benzene rings is 1. The number of carbonyl (C=O) groups excluding carboxylic acids is 2. The summed E-state index contributed by atoms with van der Waals surface area (Å²) in [5.74, 6) is -1.22. The van der Waals surface area contributed by atoms with Crippen molar-refractivity contribution >= 4 is 28.8 Å². The molecule has 1 saturated heterocycles. The van der Waals surface area contributed by atoms with Gasteiger partial charge in [-0.15, -0.1) is 11.3 Å². The fraction of sp³-hybridized carbons (Fsp3) is 0.300. The lowest BCUT2D eigenvalue weighted by atomic mass is 10.00. The van der Waals surface area contributed by atoms with Crippen molar-refractivity contribution < 1.29 is 14.7 Å². The lowest BCUT2D eigenvalue weighted by Crippen LogP contribution is -2.30. The van der Waals surface area contributed by atoms with E-state index in [4.69, 9.17) is 0 Å². The number of amides is 1. The summed E-state index contributed by atoms with van der Waals surface area (Å²) in [4.78, 5) is 27.8. The highest BCUT2D eigenvalue weighted by Crippen LogP contribution is 2.41. The molecule has 1 aromatic carbocycles. The number of rotatable bonds is 6. The minimum absolute atomic E-state index is 0.102. The van der Waals surface area contributed by atoms with Gasteiger partial charge in [0, 0.05) is 17.0 Å². The number of hydrogen-bond acceptors (Lipinski definition) is 4. The van der Waals surface area contributed by atoms with Crippen molar-refractivity contribution in [3.05, 3.63) is 63.9 Å². The zero-order valence-corrected chi connectivity index (χ0v) is 15.0. The Kier molecular flexibility index (Phi) is 5.34. The van der Waals surface area contributed by atoms with E-state index in [2.05, 4.69) is 6.92 Å². The Morgan fingerprint density at radius 2 is 1.88 bits per heavy atom. The quantitative estimate of drug-likeness (QED) is 0.362. The second-order valence-electron chi connectivity index (χ2n) is 6.08. The van der Waals surface area contributed by atoms with Gasteiger partial charge in [-0.1, -0.05) is 56.2 Å². The SMILES string of the molecule is CCCCCN1C(=O)C(=O)/C(=C(\O)c2ccccc2)C1c1cccs1. The zero-order valence-electron chi connectivity index (χ0n) is 14.1. The molecule has 1 aliphatic rings. The Hall–Kier alpha value is -2.40. The highest BCUT2D eigenvalue weighted by Gasteiger charge is 2.46. The fourth-order valence-corrected chi connectivity index (χ4v) is 3.98. The number of unbranched alkanes of at least 4 members (excludes halogenated alkanes) is 2. The molecule has 0 aliphatic carbocycles. The number of carbonyl (C=O) groups is 2. The first-order valence-corrected chi connectivity index (χ1v) is 9.40. The molecule has 0 spiro atoms. The Morgan fingerprint density at radius 3 is 2.52 bits per heavy atom. The molecule has 1 aromatic heterocycles. The van der Waals surface area contributed by atoms with Crippen molar-refractivity contribution in [1.82, 2.24) is 4.90 Å². The summed E-state index contributed by atoms with van der Waals surface area (Å²) in [5, 5.41) is 12.7. The second kappa shape index (κ2) is 7.66. The minimum atomic E-state index is -0.601. The van der Waals surface area contributed by atoms with Gasteiger partial charge in [0.2, 0.25) is 0 Å². The van der Waals surface area contributed by atoms with Crippen LogP contribution in [-0.2, 0) is 9.59 Å². The Morgan fingerprint density at radius 1 is 1.12 bits per heavy atom. The van der Waals surface area contributed by atoms with E-state index in [1.807, 2.05) is 23.6 Å². The molecule has 130 valence electrons. The molecule has 1 N–H and O–H groups in total. The van der Waals surface area contributed by atoms with Crippen molar-refractivity contribution in [3.63, 3.8) is 0 Å². The van der Waals surface area contributed by atoms with E-state index in [0.29, 0.717) is 12.1 Å². The first kappa shape index (κ1) is 17.4. The molecule has 1 amide bonds. The fourth-order valence-electron chi connectivity index (χ4n) is 3.14. The van der Waals surface area contributed by atoms with Crippen LogP contribution >= 0.6 is 11.3 Å². The van der Waals surface area contributed by atoms with Crippen molar-refractivity contribution in [2.75, 3.05) is 6.54 Å². The molecule has 0 bridgehead atoms. The summed E-state index contributed by atoms with van der Waals surface area (Å²) < 4.78 is 0. The van der Waals surface area contributed by atoms with Crippen LogP contribution in [0.5, 0.6) is 0 Å². The van der Waals surface area contributed by atoms with E-state index < -0.39 is 17.7 Å². The largest absolute Gasteiger partial charge is 0.507 e. The van der Waals surface area contributed by atoms with Gasteiger partial charge in [-0.25, -0.2) is 0 Å². The molecule has 1 aliphatic heterocycles. The molecule has 4 nitrogen and oxygen atoms in total. The van der Waals surface area contributed by atoms with Crippen LogP contribution in [0.3, 0.4) is 0 Å². The third kappa shape index (κ3) is 3.37. The summed E-state index contributed by atoms with van der Waals surface area (Å²) in [6.45, 7) is 2.62. The van der Waals surface area contributed by atoms with Gasteiger partial charge in [-0.3, -0.25) is 9.59 Å². The highest BCUT2D eigenvalue weighted by molar-refractivity contribution is 7.10. The summed E-state index contributed by atoms with van der Waals surface area (Å²) in [5.41, 5.74) is 0.741. The highest BCUT2D eigenvalue weighted by atomic mass is 32.1. The predicted molar refractivity (Wildman–Crippen MR) is 99.3 cm³/mol. The lowest BCUT2D eigenvalue weighted by Gasteiger charge is -2.24. The average molecular weight is 355 g/mol. The third-order valence-electron chi connectivity index (χ3n) is 4.40. The van der Waals surface area contributed by atoms with Crippen LogP contribution in [-0.4, -0.2) is 28.2 Å². The normalized spacial score (nSPS) is 19.6. The molecule has 1 fully saturated rings. The smallest absolute Gasteiger partial charge is 0.295 e. The topological polar surface area (TPSA) is 57.6 Å². The van der Waals surface area contributed by atoms with Gasteiger partial charge in [0.15, 0.2) is 0 Å². The molecule has 5 heteroatoms. The van der Waals surface area contributed by atoms with E-state index in [1.54, 1.807) is 29.2 Å². The van der Waals surface area contributed by atoms with E-state index in [1.165, 1.54) is 11.3 Å². The number of likely N-dealkylation sites (tertiary alicyclic amines) is 1. The monoisotopic (exact) mass is 355 g/mol. The van der Waals surface area contributed by atoms with E-state index >= 15 is 0 Å². The number of aliphatic hydroxyl groups excluding tert-OH is 1. The van der Waals surface area contributed by atoms with Crippen LogP contribution in [0, 0.1) is 0 Å². The van der Waals surface area contributed by atoms with Crippen molar-refractivity contribution in [2.45, 2.75) is 32.2 Å². The summed E-state index contributed by atoms with van der Waals surface area (Å²) >= 11 is 1.49. The van der Waals surface area contributed by atoms with E-state index in [0.717, 1.165) is 24.1 Å². The molecule has 25 heavy (non-hydrogen) atoms. The molecule has 3 rings (SSSR count). The standard InChI is InChI=1S/C20H21NO3S/c1-2-3-7-12-21-17(15-11-8-13-25-15)16(19(23)20(21)24)18(22)14-9-5-4-6-10-14/h4-6,8-11,13,17,22H,2-3,7,12H2,1H3/b18-16-. The van der Waals surface area contributed by atoms with Gasteiger partial charge >= 0.3 is 0 Å². The number of thiophene rings is 1.